The molecule has 1 heterocycles. The Hall–Kier alpha value is -1.40. The quantitative estimate of drug-likeness (QED) is 0.870. The predicted octanol–water partition coefficient (Wildman–Crippen LogP) is 1.96. The van der Waals surface area contributed by atoms with Gasteiger partial charge in [0, 0.05) is 25.0 Å². The molecule has 1 fully saturated rings. The molecule has 1 aromatic carbocycles. The summed E-state index contributed by atoms with van der Waals surface area (Å²) in [5, 5.41) is 2.95. The lowest BCUT2D eigenvalue weighted by atomic mass is 10.0. The van der Waals surface area contributed by atoms with E-state index in [4.69, 9.17) is 14.2 Å². The van der Waals surface area contributed by atoms with E-state index in [1.807, 2.05) is 11.8 Å². The van der Waals surface area contributed by atoms with Gasteiger partial charge in [-0.2, -0.15) is 11.8 Å². The Morgan fingerprint density at radius 2 is 2.05 bits per heavy atom. The zero-order valence-electron chi connectivity index (χ0n) is 12.6. The molecule has 1 saturated heterocycles. The minimum atomic E-state index is -0.239. The van der Waals surface area contributed by atoms with Crippen LogP contribution in [0, 0.1) is 0 Å². The van der Waals surface area contributed by atoms with E-state index in [1.165, 1.54) is 0 Å². The van der Waals surface area contributed by atoms with Crippen LogP contribution < -0.4 is 14.8 Å². The van der Waals surface area contributed by atoms with Crippen molar-refractivity contribution in [1.29, 1.82) is 0 Å². The number of nitrogens with one attached hydrogen (secondary N) is 1. The van der Waals surface area contributed by atoms with Gasteiger partial charge < -0.3 is 19.5 Å². The van der Waals surface area contributed by atoms with Crippen molar-refractivity contribution in [2.45, 2.75) is 12.0 Å². The maximum absolute atomic E-state index is 12.3. The van der Waals surface area contributed by atoms with Crippen LogP contribution in [0.2, 0.25) is 0 Å². The Balaban J connectivity index is 2.03. The molecule has 0 bridgehead atoms. The number of ether oxygens (including phenoxy) is 3. The third-order valence-electron chi connectivity index (χ3n) is 3.72. The largest absolute Gasteiger partial charge is 0.493 e. The maximum Gasteiger partial charge on any atom is 0.251 e. The Bertz CT molecular complexity index is 500. The average Bonchev–Trinajstić information content (AvgIpc) is 3.01. The lowest BCUT2D eigenvalue weighted by molar-refractivity contribution is 0.0137. The summed E-state index contributed by atoms with van der Waals surface area (Å²) >= 11 is 1.85. The fraction of sp³-hybridized carbons (Fsp3) is 0.533. The highest BCUT2D eigenvalue weighted by molar-refractivity contribution is 7.99. The number of thioether (sulfide) groups is 1. The first kappa shape index (κ1) is 16.0. The zero-order chi connectivity index (χ0) is 15.3. The smallest absolute Gasteiger partial charge is 0.251 e. The number of carbonyl (C=O) groups excluding carboxylic acids is 1. The van der Waals surface area contributed by atoms with Crippen LogP contribution in [-0.4, -0.2) is 50.9 Å². The average molecular weight is 311 g/mol. The normalized spacial score (nSPS) is 21.1. The van der Waals surface area contributed by atoms with Gasteiger partial charge in [0.2, 0.25) is 0 Å². The topological polar surface area (TPSA) is 56.8 Å². The van der Waals surface area contributed by atoms with E-state index in [-0.39, 0.29) is 11.5 Å². The molecule has 1 amide bonds. The van der Waals surface area contributed by atoms with Crippen molar-refractivity contribution in [3.05, 3.63) is 23.8 Å². The minimum Gasteiger partial charge on any atom is -0.493 e. The lowest BCUT2D eigenvalue weighted by Gasteiger charge is -2.26. The van der Waals surface area contributed by atoms with Gasteiger partial charge in [0.15, 0.2) is 11.5 Å². The highest BCUT2D eigenvalue weighted by Gasteiger charge is 2.34. The molecule has 0 saturated carbocycles. The maximum atomic E-state index is 12.3. The van der Waals surface area contributed by atoms with E-state index in [2.05, 4.69) is 5.32 Å². The summed E-state index contributed by atoms with van der Waals surface area (Å²) in [5.41, 5.74) is 0.307. The number of methoxy groups -OCH3 is 3. The van der Waals surface area contributed by atoms with E-state index < -0.39 is 0 Å². The Labute approximate surface area is 129 Å². The van der Waals surface area contributed by atoms with Crippen molar-refractivity contribution < 1.29 is 19.0 Å². The first-order chi connectivity index (χ1) is 10.1. The second kappa shape index (κ2) is 7.04. The summed E-state index contributed by atoms with van der Waals surface area (Å²) in [5.74, 6) is 3.00. The van der Waals surface area contributed by atoms with Gasteiger partial charge in [-0.05, 0) is 30.4 Å². The highest BCUT2D eigenvalue weighted by Crippen LogP contribution is 2.30. The Kier molecular flexibility index (Phi) is 5.36. The molecule has 2 rings (SSSR count). The molecular formula is C15H21NO4S. The molecule has 1 atom stereocenters. The van der Waals surface area contributed by atoms with Crippen LogP contribution in [0.5, 0.6) is 11.5 Å². The van der Waals surface area contributed by atoms with Gasteiger partial charge in [0.25, 0.3) is 5.91 Å². The van der Waals surface area contributed by atoms with Crippen molar-refractivity contribution in [1.82, 2.24) is 5.32 Å². The Morgan fingerprint density at radius 1 is 1.29 bits per heavy atom. The van der Waals surface area contributed by atoms with Crippen molar-refractivity contribution >= 4 is 17.7 Å². The molecule has 0 spiro atoms. The molecule has 1 N–H and O–H groups in total. The van der Waals surface area contributed by atoms with Crippen molar-refractivity contribution in [3.63, 3.8) is 0 Å². The number of hydrogen-bond donors (Lipinski definition) is 1. The predicted molar refractivity (Wildman–Crippen MR) is 83.6 cm³/mol. The SMILES string of the molecule is COc1ccc(C(=O)NCC2(OC)CCSC2)cc1OC. The van der Waals surface area contributed by atoms with Crippen LogP contribution >= 0.6 is 11.8 Å². The van der Waals surface area contributed by atoms with Gasteiger partial charge in [0.1, 0.15) is 0 Å². The molecule has 0 radical (unpaired) electrons. The van der Waals surface area contributed by atoms with Crippen LogP contribution in [0.25, 0.3) is 0 Å². The number of carbonyl (C=O) groups is 1. The van der Waals surface area contributed by atoms with Crippen molar-refractivity contribution in [2.24, 2.45) is 0 Å². The lowest BCUT2D eigenvalue weighted by Crippen LogP contribution is -2.44. The van der Waals surface area contributed by atoms with Gasteiger partial charge in [-0.1, -0.05) is 0 Å². The summed E-state index contributed by atoms with van der Waals surface area (Å²) in [6.07, 6.45) is 0.959. The molecule has 1 aliphatic heterocycles. The van der Waals surface area contributed by atoms with Crippen molar-refractivity contribution in [3.8, 4) is 11.5 Å². The molecule has 5 nitrogen and oxygen atoms in total. The summed E-state index contributed by atoms with van der Waals surface area (Å²) < 4.78 is 16.0. The van der Waals surface area contributed by atoms with E-state index in [1.54, 1.807) is 39.5 Å². The van der Waals surface area contributed by atoms with E-state index in [9.17, 15) is 4.79 Å². The minimum absolute atomic E-state index is 0.135. The van der Waals surface area contributed by atoms with E-state index in [0.717, 1.165) is 17.9 Å². The highest BCUT2D eigenvalue weighted by atomic mass is 32.2. The summed E-state index contributed by atoms with van der Waals surface area (Å²) in [6.45, 7) is 0.518. The molecule has 1 unspecified atom stereocenters. The fourth-order valence-corrected chi connectivity index (χ4v) is 3.68. The molecule has 1 aromatic rings. The molecule has 1 aliphatic rings. The van der Waals surface area contributed by atoms with Gasteiger partial charge >= 0.3 is 0 Å². The third-order valence-corrected chi connectivity index (χ3v) is 4.94. The molecule has 0 aromatic heterocycles. The van der Waals surface area contributed by atoms with Crippen LogP contribution in [-0.2, 0) is 4.74 Å². The molecule has 116 valence electrons. The fourth-order valence-electron chi connectivity index (χ4n) is 2.28. The second-order valence-electron chi connectivity index (χ2n) is 4.94. The summed E-state index contributed by atoms with van der Waals surface area (Å²) in [6, 6.07) is 5.13. The van der Waals surface area contributed by atoms with Gasteiger partial charge in [-0.25, -0.2) is 0 Å². The van der Waals surface area contributed by atoms with E-state index in [0.29, 0.717) is 23.6 Å². The number of benzene rings is 1. The van der Waals surface area contributed by atoms with E-state index >= 15 is 0 Å². The Morgan fingerprint density at radius 3 is 2.62 bits per heavy atom. The van der Waals surface area contributed by atoms with Gasteiger partial charge in [-0.3, -0.25) is 4.79 Å². The molecule has 6 heteroatoms. The first-order valence-electron chi connectivity index (χ1n) is 6.77. The first-order valence-corrected chi connectivity index (χ1v) is 7.93. The van der Waals surface area contributed by atoms with Crippen LogP contribution in [0.15, 0.2) is 18.2 Å². The number of rotatable bonds is 6. The standard InChI is InChI=1S/C15H21NO4S/c1-18-12-5-4-11(8-13(12)19-2)14(17)16-9-15(20-3)6-7-21-10-15/h4-5,8H,6-7,9-10H2,1-3H3,(H,16,17). The van der Waals surface area contributed by atoms with Crippen LogP contribution in [0.1, 0.15) is 16.8 Å². The van der Waals surface area contributed by atoms with Gasteiger partial charge in [-0.15, -0.1) is 0 Å². The van der Waals surface area contributed by atoms with Crippen molar-refractivity contribution in [2.75, 3.05) is 39.4 Å². The molecule has 21 heavy (non-hydrogen) atoms. The molecular weight excluding hydrogens is 290 g/mol. The zero-order valence-corrected chi connectivity index (χ0v) is 13.4. The second-order valence-corrected chi connectivity index (χ2v) is 6.05. The summed E-state index contributed by atoms with van der Waals surface area (Å²) in [4.78, 5) is 12.3. The monoisotopic (exact) mass is 311 g/mol. The van der Waals surface area contributed by atoms with Crippen LogP contribution in [0.3, 0.4) is 0 Å². The van der Waals surface area contributed by atoms with Gasteiger partial charge in [0.05, 0.1) is 19.8 Å². The number of hydrogen-bond acceptors (Lipinski definition) is 5. The summed E-state index contributed by atoms with van der Waals surface area (Å²) in [7, 11) is 4.82. The number of amides is 1. The molecule has 0 aliphatic carbocycles. The third kappa shape index (κ3) is 3.63. The van der Waals surface area contributed by atoms with Crippen LogP contribution in [0.4, 0.5) is 0 Å².